The Morgan fingerprint density at radius 2 is 1.72 bits per heavy atom. The van der Waals surface area contributed by atoms with E-state index in [1.807, 2.05) is 6.92 Å². The van der Waals surface area contributed by atoms with E-state index >= 15 is 0 Å². The monoisotopic (exact) mass is 505 g/mol. The van der Waals surface area contributed by atoms with Gasteiger partial charge in [0, 0.05) is 6.42 Å². The molecule has 1 aliphatic heterocycles. The van der Waals surface area contributed by atoms with Gasteiger partial charge in [0.05, 0.1) is 32.4 Å². The molecular weight excluding hydrogens is 462 g/mol. The van der Waals surface area contributed by atoms with Crippen LogP contribution in [0.1, 0.15) is 64.5 Å². The predicted molar refractivity (Wildman–Crippen MR) is 137 cm³/mol. The van der Waals surface area contributed by atoms with E-state index in [4.69, 9.17) is 19.9 Å². The minimum absolute atomic E-state index is 0.143. The van der Waals surface area contributed by atoms with Crippen LogP contribution in [0.15, 0.2) is 24.3 Å². The molecule has 0 saturated carbocycles. The van der Waals surface area contributed by atoms with Crippen LogP contribution in [0.2, 0.25) is 0 Å². The predicted octanol–water partition coefficient (Wildman–Crippen LogP) is 3.18. The average molecular weight is 506 g/mol. The number of nitrogens with zero attached hydrogens (tertiary/aromatic N) is 1. The highest BCUT2D eigenvalue weighted by molar-refractivity contribution is 5.74. The van der Waals surface area contributed by atoms with Gasteiger partial charge in [0.25, 0.3) is 0 Å². The van der Waals surface area contributed by atoms with E-state index in [0.717, 1.165) is 37.9 Å². The number of nitrogens with two attached hydrogens (primary N) is 1. The number of benzene rings is 1. The molecule has 3 N–H and O–H groups in total. The maximum atomic E-state index is 12.2. The number of likely N-dealkylation sites (tertiary alicyclic amines) is 1. The number of methoxy groups -OCH3 is 1. The van der Waals surface area contributed by atoms with Crippen molar-refractivity contribution >= 4 is 18.0 Å². The molecule has 9 heteroatoms. The molecule has 0 radical (unpaired) electrons. The second-order valence-electron chi connectivity index (χ2n) is 10.6. The highest BCUT2D eigenvalue weighted by Gasteiger charge is 2.25. The van der Waals surface area contributed by atoms with Crippen molar-refractivity contribution < 1.29 is 28.6 Å². The number of nitrogens with one attached hydrogen (secondary N) is 1. The quantitative estimate of drug-likeness (QED) is 0.419. The second-order valence-corrected chi connectivity index (χ2v) is 10.6. The molecule has 0 aromatic heterocycles. The first-order valence-corrected chi connectivity index (χ1v) is 12.7. The van der Waals surface area contributed by atoms with Crippen LogP contribution in [0.25, 0.3) is 0 Å². The van der Waals surface area contributed by atoms with E-state index < -0.39 is 23.6 Å². The van der Waals surface area contributed by atoms with Gasteiger partial charge in [-0.3, -0.25) is 14.5 Å². The summed E-state index contributed by atoms with van der Waals surface area (Å²) in [5.74, 6) is -0.00531. The lowest BCUT2D eigenvalue weighted by Gasteiger charge is -2.31. The lowest BCUT2D eigenvalue weighted by molar-refractivity contribution is -0.142. The molecule has 2 amide bonds. The van der Waals surface area contributed by atoms with E-state index in [0.29, 0.717) is 25.5 Å². The third-order valence-corrected chi connectivity index (χ3v) is 6.32. The first-order valence-electron chi connectivity index (χ1n) is 12.7. The summed E-state index contributed by atoms with van der Waals surface area (Å²) in [6, 6.07) is 7.99. The van der Waals surface area contributed by atoms with Crippen LogP contribution in [0.5, 0.6) is 0 Å². The molecule has 0 aliphatic carbocycles. The molecule has 0 spiro atoms. The zero-order valence-electron chi connectivity index (χ0n) is 22.4. The average Bonchev–Trinajstić information content (AvgIpc) is 2.81. The van der Waals surface area contributed by atoms with Crippen LogP contribution in [0.3, 0.4) is 0 Å². The molecule has 36 heavy (non-hydrogen) atoms. The van der Waals surface area contributed by atoms with Gasteiger partial charge >= 0.3 is 12.1 Å². The van der Waals surface area contributed by atoms with Gasteiger partial charge in [-0.15, -0.1) is 0 Å². The van der Waals surface area contributed by atoms with Gasteiger partial charge in [-0.1, -0.05) is 24.3 Å². The van der Waals surface area contributed by atoms with Crippen molar-refractivity contribution in [1.29, 1.82) is 0 Å². The summed E-state index contributed by atoms with van der Waals surface area (Å²) in [5.41, 5.74) is 7.00. The summed E-state index contributed by atoms with van der Waals surface area (Å²) in [7, 11) is 1.42. The van der Waals surface area contributed by atoms with Crippen molar-refractivity contribution in [3.8, 4) is 0 Å². The van der Waals surface area contributed by atoms with Crippen LogP contribution in [0, 0.1) is 5.92 Å². The van der Waals surface area contributed by atoms with Crippen molar-refractivity contribution in [2.45, 2.75) is 84.2 Å². The number of ether oxygens (including phenoxy) is 3. The summed E-state index contributed by atoms with van der Waals surface area (Å²) >= 11 is 0. The third kappa shape index (κ3) is 11.4. The number of rotatable bonds is 12. The highest BCUT2D eigenvalue weighted by atomic mass is 16.6. The maximum Gasteiger partial charge on any atom is 0.407 e. The Morgan fingerprint density at radius 1 is 1.11 bits per heavy atom. The van der Waals surface area contributed by atoms with Crippen LogP contribution < -0.4 is 11.1 Å². The Balaban J connectivity index is 1.82. The molecule has 1 heterocycles. The molecule has 1 fully saturated rings. The number of amides is 2. The summed E-state index contributed by atoms with van der Waals surface area (Å²) in [5, 5.41) is 2.81. The Bertz CT molecular complexity index is 844. The van der Waals surface area contributed by atoms with E-state index in [-0.39, 0.29) is 18.5 Å². The second kappa shape index (κ2) is 14.2. The van der Waals surface area contributed by atoms with Crippen molar-refractivity contribution in [3.63, 3.8) is 0 Å². The van der Waals surface area contributed by atoms with Gasteiger partial charge in [0.2, 0.25) is 5.91 Å². The number of carbonyl (C=O) groups excluding carboxylic acids is 3. The number of esters is 1. The standard InChI is InChI=1S/C27H43N3O6/c1-19(23(10-11-24(28)31)29-26(33)36-27(2,3)4)35-18-22-8-6-20(7-9-22)16-21-12-14-30(15-13-21)17-25(32)34-5/h6-9,19,21,23H,10-18H2,1-5H3,(H2,28,31)(H,29,33)/t19-,23+/m1/s1. The summed E-state index contributed by atoms with van der Waals surface area (Å²) in [4.78, 5) is 37.1. The largest absolute Gasteiger partial charge is 0.468 e. The van der Waals surface area contributed by atoms with Gasteiger partial charge in [-0.2, -0.15) is 0 Å². The number of primary amides is 1. The molecule has 202 valence electrons. The molecule has 2 rings (SSSR count). The zero-order valence-corrected chi connectivity index (χ0v) is 22.4. The Hall–Kier alpha value is -2.65. The van der Waals surface area contributed by atoms with Crippen LogP contribution in [-0.2, 0) is 36.8 Å². The van der Waals surface area contributed by atoms with Gasteiger partial charge < -0.3 is 25.3 Å². The number of hydrogen-bond donors (Lipinski definition) is 2. The van der Waals surface area contributed by atoms with E-state index in [9.17, 15) is 14.4 Å². The van der Waals surface area contributed by atoms with Gasteiger partial charge in [0.15, 0.2) is 0 Å². The summed E-state index contributed by atoms with van der Waals surface area (Å²) in [6.45, 7) is 9.83. The van der Waals surface area contributed by atoms with Crippen LogP contribution in [-0.4, -0.2) is 67.4 Å². The maximum absolute atomic E-state index is 12.2. The molecular formula is C27H43N3O6. The lowest BCUT2D eigenvalue weighted by Crippen LogP contribution is -2.45. The number of alkyl carbamates (subject to hydrolysis) is 1. The first-order chi connectivity index (χ1) is 16.9. The molecule has 1 aromatic rings. The van der Waals surface area contributed by atoms with Crippen molar-refractivity contribution in [1.82, 2.24) is 10.2 Å². The topological polar surface area (TPSA) is 120 Å². The number of carbonyl (C=O) groups is 3. The molecule has 9 nitrogen and oxygen atoms in total. The fraction of sp³-hybridized carbons (Fsp3) is 0.667. The minimum Gasteiger partial charge on any atom is -0.468 e. The van der Waals surface area contributed by atoms with Gasteiger partial charge in [-0.05, 0) is 83.5 Å². The summed E-state index contributed by atoms with van der Waals surface area (Å²) < 4.78 is 16.1. The van der Waals surface area contributed by atoms with E-state index in [1.54, 1.807) is 20.8 Å². The minimum atomic E-state index is -0.621. The molecule has 0 bridgehead atoms. The smallest absolute Gasteiger partial charge is 0.407 e. The molecule has 1 aromatic carbocycles. The number of piperidine rings is 1. The fourth-order valence-electron chi connectivity index (χ4n) is 4.23. The van der Waals surface area contributed by atoms with Crippen molar-refractivity contribution in [3.05, 3.63) is 35.4 Å². The van der Waals surface area contributed by atoms with Gasteiger partial charge in [0.1, 0.15) is 5.60 Å². The SMILES string of the molecule is COC(=O)CN1CCC(Cc2ccc(CO[C@H](C)[C@H](CCC(N)=O)NC(=O)OC(C)(C)C)cc2)CC1. The van der Waals surface area contributed by atoms with Crippen molar-refractivity contribution in [2.24, 2.45) is 11.7 Å². The lowest BCUT2D eigenvalue weighted by atomic mass is 9.90. The van der Waals surface area contributed by atoms with E-state index in [1.165, 1.54) is 12.7 Å². The molecule has 1 saturated heterocycles. The summed E-state index contributed by atoms with van der Waals surface area (Å²) in [6.07, 6.45) is 2.77. The van der Waals surface area contributed by atoms with Gasteiger partial charge in [-0.25, -0.2) is 4.79 Å². The normalized spacial score (nSPS) is 16.7. The first kappa shape index (κ1) is 29.6. The Kier molecular flexibility index (Phi) is 11.7. The molecule has 0 unspecified atom stereocenters. The molecule has 2 atom stereocenters. The fourth-order valence-corrected chi connectivity index (χ4v) is 4.23. The van der Waals surface area contributed by atoms with Crippen molar-refractivity contribution in [2.75, 3.05) is 26.7 Å². The number of hydrogen-bond acceptors (Lipinski definition) is 7. The third-order valence-electron chi connectivity index (χ3n) is 6.32. The van der Waals surface area contributed by atoms with E-state index in [2.05, 4.69) is 34.5 Å². The van der Waals surface area contributed by atoms with Crippen LogP contribution in [0.4, 0.5) is 4.79 Å². The Labute approximate surface area is 215 Å². The van der Waals surface area contributed by atoms with Crippen LogP contribution >= 0.6 is 0 Å². The zero-order chi connectivity index (χ0) is 26.7. The Morgan fingerprint density at radius 3 is 2.28 bits per heavy atom. The highest BCUT2D eigenvalue weighted by Crippen LogP contribution is 2.22. The molecule has 1 aliphatic rings.